The highest BCUT2D eigenvalue weighted by atomic mass is 32.2. The first-order valence-electron chi connectivity index (χ1n) is 10.6. The van der Waals surface area contributed by atoms with E-state index in [1.54, 1.807) is 43.5 Å². The molecule has 0 aromatic heterocycles. The Balaban J connectivity index is 1.82. The first kappa shape index (κ1) is 23.1. The van der Waals surface area contributed by atoms with Crippen molar-refractivity contribution < 1.29 is 22.7 Å². The molecule has 0 bridgehead atoms. The number of carbonyl (C=O) groups excluding carboxylic acids is 1. The minimum Gasteiger partial charge on any atom is -0.497 e. The van der Waals surface area contributed by atoms with Crippen molar-refractivity contribution >= 4 is 21.6 Å². The van der Waals surface area contributed by atoms with E-state index in [0.717, 1.165) is 32.1 Å². The summed E-state index contributed by atoms with van der Waals surface area (Å²) in [6.45, 7) is 2.14. The molecule has 1 fully saturated rings. The van der Waals surface area contributed by atoms with Crippen LogP contribution in [-0.4, -0.2) is 44.9 Å². The fourth-order valence-electron chi connectivity index (χ4n) is 3.83. The number of nitrogens with one attached hydrogen (secondary N) is 1. The third-order valence-corrected chi connectivity index (χ3v) is 7.29. The second-order valence-corrected chi connectivity index (χ2v) is 9.42. The molecule has 0 spiro atoms. The van der Waals surface area contributed by atoms with Gasteiger partial charge >= 0.3 is 0 Å². The number of carbonyl (C=O) groups is 1. The minimum absolute atomic E-state index is 0.163. The van der Waals surface area contributed by atoms with Crippen LogP contribution in [-0.2, 0) is 14.8 Å². The van der Waals surface area contributed by atoms with Gasteiger partial charge in [-0.05, 0) is 56.2 Å². The number of ether oxygens (including phenoxy) is 2. The van der Waals surface area contributed by atoms with E-state index in [1.807, 2.05) is 6.92 Å². The monoisotopic (exact) mass is 446 g/mol. The quantitative estimate of drug-likeness (QED) is 0.628. The van der Waals surface area contributed by atoms with Crippen LogP contribution in [0.15, 0.2) is 53.4 Å². The van der Waals surface area contributed by atoms with Crippen LogP contribution in [0.2, 0.25) is 0 Å². The lowest BCUT2D eigenvalue weighted by Gasteiger charge is -2.33. The lowest BCUT2D eigenvalue weighted by atomic mass is 9.95. The molecule has 2 aromatic rings. The molecule has 8 heteroatoms. The summed E-state index contributed by atoms with van der Waals surface area (Å²) in [5.74, 6) is 0.846. The minimum atomic E-state index is -3.84. The van der Waals surface area contributed by atoms with E-state index in [0.29, 0.717) is 23.8 Å². The van der Waals surface area contributed by atoms with Crippen molar-refractivity contribution in [3.63, 3.8) is 0 Å². The van der Waals surface area contributed by atoms with Crippen LogP contribution in [0.1, 0.15) is 39.0 Å². The Morgan fingerprint density at radius 2 is 1.77 bits per heavy atom. The molecule has 0 aliphatic heterocycles. The number of benzene rings is 2. The molecule has 168 valence electrons. The lowest BCUT2D eigenvalue weighted by Crippen LogP contribution is -2.45. The number of hydrogen-bond donors (Lipinski definition) is 1. The maximum atomic E-state index is 13.5. The normalized spacial score (nSPS) is 14.9. The molecule has 0 unspecified atom stereocenters. The van der Waals surface area contributed by atoms with E-state index < -0.39 is 10.0 Å². The first-order valence-corrected chi connectivity index (χ1v) is 12.1. The summed E-state index contributed by atoms with van der Waals surface area (Å²) >= 11 is 0. The lowest BCUT2D eigenvalue weighted by molar-refractivity contribution is -0.116. The molecular formula is C23H30N2O5S. The predicted molar refractivity (Wildman–Crippen MR) is 120 cm³/mol. The molecule has 0 atom stereocenters. The smallest absolute Gasteiger partial charge is 0.243 e. The summed E-state index contributed by atoms with van der Waals surface area (Å²) < 4.78 is 38.9. The number of anilines is 1. The highest BCUT2D eigenvalue weighted by Gasteiger charge is 2.34. The number of hydrogen-bond acceptors (Lipinski definition) is 5. The molecule has 0 heterocycles. The molecule has 1 amide bonds. The maximum Gasteiger partial charge on any atom is 0.243 e. The summed E-state index contributed by atoms with van der Waals surface area (Å²) in [4.78, 5) is 13.0. The molecule has 2 aromatic carbocycles. The molecule has 0 saturated heterocycles. The molecular weight excluding hydrogens is 416 g/mol. The zero-order valence-electron chi connectivity index (χ0n) is 18.0. The average molecular weight is 447 g/mol. The summed E-state index contributed by atoms with van der Waals surface area (Å²) in [5, 5.41) is 2.79. The van der Waals surface area contributed by atoms with E-state index in [9.17, 15) is 13.2 Å². The molecule has 1 N–H and O–H groups in total. The molecule has 1 aliphatic rings. The zero-order valence-corrected chi connectivity index (χ0v) is 18.9. The molecule has 7 nitrogen and oxygen atoms in total. The van der Waals surface area contributed by atoms with Crippen LogP contribution >= 0.6 is 0 Å². The molecule has 1 aliphatic carbocycles. The van der Waals surface area contributed by atoms with Gasteiger partial charge in [0.1, 0.15) is 11.5 Å². The topological polar surface area (TPSA) is 84.9 Å². The van der Waals surface area contributed by atoms with Crippen molar-refractivity contribution in [2.24, 2.45) is 0 Å². The second kappa shape index (κ2) is 10.6. The van der Waals surface area contributed by atoms with Gasteiger partial charge in [-0.1, -0.05) is 25.3 Å². The largest absolute Gasteiger partial charge is 0.497 e. The van der Waals surface area contributed by atoms with E-state index >= 15 is 0 Å². The first-order chi connectivity index (χ1) is 14.9. The van der Waals surface area contributed by atoms with Crippen LogP contribution in [0.4, 0.5) is 5.69 Å². The molecule has 1 saturated carbocycles. The second-order valence-electron chi connectivity index (χ2n) is 7.53. The van der Waals surface area contributed by atoms with Crippen molar-refractivity contribution in [1.29, 1.82) is 0 Å². The highest BCUT2D eigenvalue weighted by Crippen LogP contribution is 2.29. The predicted octanol–water partition coefficient (Wildman–Crippen LogP) is 4.06. The standard InChI is InChI=1S/C23H30N2O5S/c1-3-30-20-12-14-22(15-13-20)31(27,28)25(19-9-5-4-6-10-19)17-23(26)24-18-8-7-11-21(16-18)29-2/h7-8,11-16,19H,3-6,9-10,17H2,1-2H3,(H,24,26). The molecule has 31 heavy (non-hydrogen) atoms. The summed E-state index contributed by atoms with van der Waals surface area (Å²) in [6.07, 6.45) is 4.50. The average Bonchev–Trinajstić information content (AvgIpc) is 2.78. The summed E-state index contributed by atoms with van der Waals surface area (Å²) in [7, 11) is -2.29. The fraction of sp³-hybridized carbons (Fsp3) is 0.435. The van der Waals surface area contributed by atoms with Gasteiger partial charge in [-0.15, -0.1) is 0 Å². The Morgan fingerprint density at radius 3 is 2.42 bits per heavy atom. The van der Waals surface area contributed by atoms with Gasteiger partial charge < -0.3 is 14.8 Å². The Labute approximate surface area is 184 Å². The van der Waals surface area contributed by atoms with Crippen molar-refractivity contribution in [2.75, 3.05) is 25.6 Å². The van der Waals surface area contributed by atoms with E-state index in [-0.39, 0.29) is 23.4 Å². The Hall–Kier alpha value is -2.58. The van der Waals surface area contributed by atoms with Gasteiger partial charge in [0.25, 0.3) is 0 Å². The zero-order chi connectivity index (χ0) is 22.3. The number of rotatable bonds is 9. The maximum absolute atomic E-state index is 13.5. The van der Waals surface area contributed by atoms with Crippen molar-refractivity contribution in [3.8, 4) is 11.5 Å². The van der Waals surface area contributed by atoms with E-state index in [1.165, 1.54) is 16.4 Å². The van der Waals surface area contributed by atoms with Crippen molar-refractivity contribution in [3.05, 3.63) is 48.5 Å². The number of amides is 1. The van der Waals surface area contributed by atoms with Crippen molar-refractivity contribution in [1.82, 2.24) is 4.31 Å². The third-order valence-electron chi connectivity index (χ3n) is 5.38. The summed E-state index contributed by atoms with van der Waals surface area (Å²) in [6, 6.07) is 13.2. The van der Waals surface area contributed by atoms with Gasteiger partial charge in [-0.2, -0.15) is 4.31 Å². The summed E-state index contributed by atoms with van der Waals surface area (Å²) in [5.41, 5.74) is 0.561. The Kier molecular flexibility index (Phi) is 7.92. The van der Waals surface area contributed by atoms with E-state index in [4.69, 9.17) is 9.47 Å². The van der Waals surface area contributed by atoms with E-state index in [2.05, 4.69) is 5.32 Å². The van der Waals surface area contributed by atoms with Gasteiger partial charge in [0, 0.05) is 17.8 Å². The van der Waals surface area contributed by atoms with Gasteiger partial charge in [-0.3, -0.25) is 4.79 Å². The fourth-order valence-corrected chi connectivity index (χ4v) is 5.47. The Morgan fingerprint density at radius 1 is 1.06 bits per heavy atom. The van der Waals surface area contributed by atoms with Crippen LogP contribution in [0.3, 0.4) is 0 Å². The van der Waals surface area contributed by atoms with Gasteiger partial charge in [0.15, 0.2) is 0 Å². The SMILES string of the molecule is CCOc1ccc(S(=O)(=O)N(CC(=O)Nc2cccc(OC)c2)C2CCCCC2)cc1. The number of nitrogens with zero attached hydrogens (tertiary/aromatic N) is 1. The van der Waals surface area contributed by atoms with Gasteiger partial charge in [-0.25, -0.2) is 8.42 Å². The number of methoxy groups -OCH3 is 1. The van der Waals surface area contributed by atoms with Crippen molar-refractivity contribution in [2.45, 2.75) is 50.0 Å². The van der Waals surface area contributed by atoms with Crippen LogP contribution < -0.4 is 14.8 Å². The molecule has 0 radical (unpaired) electrons. The molecule has 3 rings (SSSR count). The third kappa shape index (κ3) is 5.98. The van der Waals surface area contributed by atoms with Gasteiger partial charge in [0.05, 0.1) is 25.2 Å². The highest BCUT2D eigenvalue weighted by molar-refractivity contribution is 7.89. The Bertz CT molecular complexity index is 970. The van der Waals surface area contributed by atoms with Crippen LogP contribution in [0, 0.1) is 0 Å². The van der Waals surface area contributed by atoms with Crippen LogP contribution in [0.25, 0.3) is 0 Å². The van der Waals surface area contributed by atoms with Gasteiger partial charge in [0.2, 0.25) is 15.9 Å². The van der Waals surface area contributed by atoms with Crippen LogP contribution in [0.5, 0.6) is 11.5 Å². The number of sulfonamides is 1.